The molecule has 0 unspecified atom stereocenters. The van der Waals surface area contributed by atoms with E-state index in [4.69, 9.17) is 14.6 Å². The van der Waals surface area contributed by atoms with Crippen molar-refractivity contribution in [1.82, 2.24) is 10.6 Å². The van der Waals surface area contributed by atoms with Crippen LogP contribution in [0.4, 0.5) is 9.59 Å². The Morgan fingerprint density at radius 1 is 1.00 bits per heavy atom. The average molecular weight is 378 g/mol. The standard InChI is InChI=1S/C16H30N2O6S/c1-15(2,3)23-13(21)17-8-7-9-25-10-11(12(19)20)18-14(22)24-16(4,5)6/h11H,7-10H2,1-6H3,(H,17,21)(H,18,22)(H,19,20)/t11-/m0/s1. The summed E-state index contributed by atoms with van der Waals surface area (Å²) >= 11 is 1.37. The van der Waals surface area contributed by atoms with E-state index in [1.165, 1.54) is 11.8 Å². The van der Waals surface area contributed by atoms with E-state index in [1.807, 2.05) is 0 Å². The number of thioether (sulfide) groups is 1. The van der Waals surface area contributed by atoms with Crippen molar-refractivity contribution in [2.24, 2.45) is 0 Å². The quantitative estimate of drug-likeness (QED) is 0.556. The maximum Gasteiger partial charge on any atom is 0.408 e. The van der Waals surface area contributed by atoms with Crippen molar-refractivity contribution in [3.63, 3.8) is 0 Å². The third-order valence-electron chi connectivity index (χ3n) is 2.41. The molecule has 0 saturated carbocycles. The molecule has 0 aliphatic heterocycles. The molecule has 0 aromatic carbocycles. The van der Waals surface area contributed by atoms with Crippen LogP contribution in [0.25, 0.3) is 0 Å². The molecule has 2 amide bonds. The molecule has 0 spiro atoms. The van der Waals surface area contributed by atoms with Crippen LogP contribution in [0.3, 0.4) is 0 Å². The van der Waals surface area contributed by atoms with Gasteiger partial charge in [-0.05, 0) is 53.7 Å². The number of aliphatic carboxylic acids is 1. The maximum absolute atomic E-state index is 11.6. The average Bonchev–Trinajstić information content (AvgIpc) is 2.36. The minimum absolute atomic E-state index is 0.209. The highest BCUT2D eigenvalue weighted by Crippen LogP contribution is 2.09. The highest BCUT2D eigenvalue weighted by molar-refractivity contribution is 7.99. The first kappa shape index (κ1) is 23.4. The fourth-order valence-electron chi connectivity index (χ4n) is 1.50. The molecule has 0 radical (unpaired) electrons. The third-order valence-corrected chi connectivity index (χ3v) is 3.55. The summed E-state index contributed by atoms with van der Waals surface area (Å²) in [7, 11) is 0. The van der Waals surface area contributed by atoms with Gasteiger partial charge in [0.15, 0.2) is 0 Å². The lowest BCUT2D eigenvalue weighted by Crippen LogP contribution is -2.45. The van der Waals surface area contributed by atoms with Crippen LogP contribution in [0.1, 0.15) is 48.0 Å². The molecule has 3 N–H and O–H groups in total. The number of hydrogen-bond donors (Lipinski definition) is 3. The van der Waals surface area contributed by atoms with E-state index >= 15 is 0 Å². The Kier molecular flexibility index (Phi) is 9.69. The molecule has 0 rings (SSSR count). The van der Waals surface area contributed by atoms with Crippen LogP contribution >= 0.6 is 11.8 Å². The predicted molar refractivity (Wildman–Crippen MR) is 97.0 cm³/mol. The number of rotatable bonds is 8. The largest absolute Gasteiger partial charge is 0.480 e. The van der Waals surface area contributed by atoms with E-state index in [0.29, 0.717) is 18.7 Å². The molecule has 25 heavy (non-hydrogen) atoms. The van der Waals surface area contributed by atoms with Gasteiger partial charge in [-0.15, -0.1) is 0 Å². The van der Waals surface area contributed by atoms with Crippen molar-refractivity contribution in [2.75, 3.05) is 18.1 Å². The topological polar surface area (TPSA) is 114 Å². The molecule has 0 aliphatic rings. The first-order chi connectivity index (χ1) is 11.3. The molecule has 0 saturated heterocycles. The number of alkyl carbamates (subject to hydrolysis) is 2. The Labute approximate surface area is 153 Å². The van der Waals surface area contributed by atoms with Gasteiger partial charge in [0.25, 0.3) is 0 Å². The van der Waals surface area contributed by atoms with Crippen LogP contribution in [-0.4, -0.2) is 58.6 Å². The van der Waals surface area contributed by atoms with E-state index in [-0.39, 0.29) is 5.75 Å². The molecule has 9 heteroatoms. The molecule has 8 nitrogen and oxygen atoms in total. The predicted octanol–water partition coefficient (Wildman–Crippen LogP) is 2.61. The van der Waals surface area contributed by atoms with E-state index in [0.717, 1.165) is 0 Å². The van der Waals surface area contributed by atoms with Crippen molar-refractivity contribution in [2.45, 2.75) is 65.2 Å². The summed E-state index contributed by atoms with van der Waals surface area (Å²) in [6.45, 7) is 10.9. The van der Waals surface area contributed by atoms with E-state index in [2.05, 4.69) is 10.6 Å². The van der Waals surface area contributed by atoms with Gasteiger partial charge in [0, 0.05) is 12.3 Å². The Balaban J connectivity index is 4.00. The molecular weight excluding hydrogens is 348 g/mol. The van der Waals surface area contributed by atoms with Gasteiger partial charge in [-0.2, -0.15) is 11.8 Å². The van der Waals surface area contributed by atoms with Crippen LogP contribution in [0, 0.1) is 0 Å². The monoisotopic (exact) mass is 378 g/mol. The molecule has 0 heterocycles. The highest BCUT2D eigenvalue weighted by atomic mass is 32.2. The van der Waals surface area contributed by atoms with Gasteiger partial charge in [-0.1, -0.05) is 0 Å². The van der Waals surface area contributed by atoms with Crippen molar-refractivity contribution < 1.29 is 29.0 Å². The van der Waals surface area contributed by atoms with Crippen LogP contribution in [-0.2, 0) is 14.3 Å². The van der Waals surface area contributed by atoms with Crippen LogP contribution in [0.5, 0.6) is 0 Å². The SMILES string of the molecule is CC(C)(C)OC(=O)NCCCSC[C@H](NC(=O)OC(C)(C)C)C(=O)O. The van der Waals surface area contributed by atoms with E-state index < -0.39 is 35.4 Å². The van der Waals surface area contributed by atoms with Crippen LogP contribution in [0.15, 0.2) is 0 Å². The summed E-state index contributed by atoms with van der Waals surface area (Å²) in [5, 5.41) is 14.1. The lowest BCUT2D eigenvalue weighted by molar-refractivity contribution is -0.138. The Hall–Kier alpha value is -1.64. The number of carbonyl (C=O) groups excluding carboxylic acids is 2. The normalized spacial score (nSPS) is 12.9. The van der Waals surface area contributed by atoms with Gasteiger partial charge in [0.05, 0.1) is 0 Å². The molecule has 0 aromatic rings. The molecular formula is C16H30N2O6S. The summed E-state index contributed by atoms with van der Waals surface area (Å²) in [5.74, 6) is -0.276. The lowest BCUT2D eigenvalue weighted by atomic mass is 10.2. The number of carbonyl (C=O) groups is 3. The van der Waals surface area contributed by atoms with Gasteiger partial charge in [0.1, 0.15) is 17.2 Å². The van der Waals surface area contributed by atoms with Crippen molar-refractivity contribution in [1.29, 1.82) is 0 Å². The number of hydrogen-bond acceptors (Lipinski definition) is 6. The number of ether oxygens (including phenoxy) is 2. The van der Waals surface area contributed by atoms with Gasteiger partial charge in [-0.3, -0.25) is 0 Å². The summed E-state index contributed by atoms with van der Waals surface area (Å²) in [6, 6.07) is -1.03. The third kappa shape index (κ3) is 14.4. The number of nitrogens with one attached hydrogen (secondary N) is 2. The maximum atomic E-state index is 11.6. The van der Waals surface area contributed by atoms with Crippen molar-refractivity contribution >= 4 is 29.9 Å². The highest BCUT2D eigenvalue weighted by Gasteiger charge is 2.23. The molecule has 0 aromatic heterocycles. The summed E-state index contributed by atoms with van der Waals surface area (Å²) in [5.41, 5.74) is -1.23. The van der Waals surface area contributed by atoms with Gasteiger partial charge in [0.2, 0.25) is 0 Å². The molecule has 146 valence electrons. The smallest absolute Gasteiger partial charge is 0.408 e. The summed E-state index contributed by atoms with van der Waals surface area (Å²) < 4.78 is 10.1. The second-order valence-electron chi connectivity index (χ2n) is 7.39. The minimum Gasteiger partial charge on any atom is -0.480 e. The second-order valence-corrected chi connectivity index (χ2v) is 8.54. The zero-order valence-electron chi connectivity index (χ0n) is 15.8. The first-order valence-electron chi connectivity index (χ1n) is 8.07. The fraction of sp³-hybridized carbons (Fsp3) is 0.812. The zero-order valence-corrected chi connectivity index (χ0v) is 16.6. The lowest BCUT2D eigenvalue weighted by Gasteiger charge is -2.22. The van der Waals surface area contributed by atoms with Gasteiger partial charge >= 0.3 is 18.2 Å². The van der Waals surface area contributed by atoms with Crippen LogP contribution in [0.2, 0.25) is 0 Å². The molecule has 0 aliphatic carbocycles. The molecule has 1 atom stereocenters. The second kappa shape index (κ2) is 10.4. The van der Waals surface area contributed by atoms with Gasteiger partial charge in [-0.25, -0.2) is 14.4 Å². The minimum atomic E-state index is -1.12. The van der Waals surface area contributed by atoms with Crippen LogP contribution < -0.4 is 10.6 Å². The summed E-state index contributed by atoms with van der Waals surface area (Å²) in [6.07, 6.45) is -0.581. The van der Waals surface area contributed by atoms with E-state index in [1.54, 1.807) is 41.5 Å². The van der Waals surface area contributed by atoms with Gasteiger partial charge < -0.3 is 25.2 Å². The first-order valence-corrected chi connectivity index (χ1v) is 9.22. The van der Waals surface area contributed by atoms with E-state index in [9.17, 15) is 14.4 Å². The Morgan fingerprint density at radius 3 is 2.00 bits per heavy atom. The van der Waals surface area contributed by atoms with Crippen molar-refractivity contribution in [3.8, 4) is 0 Å². The fourth-order valence-corrected chi connectivity index (χ4v) is 2.48. The molecule has 0 fully saturated rings. The number of carboxylic acid groups (broad SMARTS) is 1. The molecule has 0 bridgehead atoms. The Morgan fingerprint density at radius 2 is 1.52 bits per heavy atom. The number of amides is 2. The summed E-state index contributed by atoms with van der Waals surface area (Å²) in [4.78, 5) is 34.3. The van der Waals surface area contributed by atoms with Crippen molar-refractivity contribution in [3.05, 3.63) is 0 Å². The number of carboxylic acids is 1. The Bertz CT molecular complexity index is 457. The zero-order chi connectivity index (χ0) is 19.7.